The molecule has 0 spiro atoms. The van der Waals surface area contributed by atoms with Gasteiger partial charge >= 0.3 is 0 Å². The van der Waals surface area contributed by atoms with Crippen molar-refractivity contribution in [2.75, 3.05) is 5.01 Å². The molecule has 5 nitrogen and oxygen atoms in total. The highest BCUT2D eigenvalue weighted by Crippen LogP contribution is 2.27. The van der Waals surface area contributed by atoms with Crippen LogP contribution >= 0.6 is 0 Å². The number of hydrazone groups is 1. The van der Waals surface area contributed by atoms with Gasteiger partial charge in [-0.2, -0.15) is 15.2 Å². The first kappa shape index (κ1) is 16.0. The number of carbonyl (C=O) groups is 1. The van der Waals surface area contributed by atoms with Gasteiger partial charge in [0.15, 0.2) is 0 Å². The van der Waals surface area contributed by atoms with E-state index in [0.717, 1.165) is 23.5 Å². The van der Waals surface area contributed by atoms with Crippen LogP contribution in [0.5, 0.6) is 0 Å². The van der Waals surface area contributed by atoms with Gasteiger partial charge < -0.3 is 0 Å². The quantitative estimate of drug-likeness (QED) is 0.678. The first-order chi connectivity index (χ1) is 12.8. The van der Waals surface area contributed by atoms with E-state index < -0.39 is 0 Å². The van der Waals surface area contributed by atoms with Gasteiger partial charge in [-0.25, -0.2) is 0 Å². The topological polar surface area (TPSA) is 50.5 Å². The standard InChI is InChI=1S/C21H18N4O/c1-2-24-14-13-17(22-24)15-19-20(16-9-5-3-6-10-16)23-25(21(19)26)18-11-7-4-8-12-18/h3-15H,2H2,1H3/b19-15+. The van der Waals surface area contributed by atoms with Crippen molar-refractivity contribution in [1.29, 1.82) is 0 Å². The Hall–Kier alpha value is -3.47. The lowest BCUT2D eigenvalue weighted by Gasteiger charge is -2.10. The number of anilines is 1. The average Bonchev–Trinajstić information content (AvgIpc) is 3.28. The summed E-state index contributed by atoms with van der Waals surface area (Å²) in [4.78, 5) is 13.1. The predicted molar refractivity (Wildman–Crippen MR) is 103 cm³/mol. The molecule has 1 aliphatic heterocycles. The van der Waals surface area contributed by atoms with Crippen LogP contribution < -0.4 is 5.01 Å². The molecule has 4 rings (SSSR count). The van der Waals surface area contributed by atoms with Gasteiger partial charge in [-0.15, -0.1) is 0 Å². The highest BCUT2D eigenvalue weighted by atomic mass is 16.2. The molecule has 26 heavy (non-hydrogen) atoms. The fraction of sp³-hybridized carbons (Fsp3) is 0.0952. The van der Waals surface area contributed by atoms with Crippen LogP contribution in [0.25, 0.3) is 6.08 Å². The zero-order chi connectivity index (χ0) is 17.9. The van der Waals surface area contributed by atoms with E-state index in [4.69, 9.17) is 0 Å². The van der Waals surface area contributed by atoms with Gasteiger partial charge in [0, 0.05) is 18.3 Å². The molecule has 0 fully saturated rings. The predicted octanol–water partition coefficient (Wildman–Crippen LogP) is 3.74. The summed E-state index contributed by atoms with van der Waals surface area (Å²) < 4.78 is 1.83. The van der Waals surface area contributed by atoms with E-state index in [-0.39, 0.29) is 5.91 Å². The Morgan fingerprint density at radius 2 is 1.65 bits per heavy atom. The molecule has 0 atom stereocenters. The summed E-state index contributed by atoms with van der Waals surface area (Å²) in [5, 5.41) is 10.5. The third-order valence-electron chi connectivity index (χ3n) is 4.20. The Morgan fingerprint density at radius 3 is 2.31 bits per heavy atom. The van der Waals surface area contributed by atoms with Gasteiger partial charge in [0.1, 0.15) is 5.71 Å². The lowest BCUT2D eigenvalue weighted by Crippen LogP contribution is -2.21. The lowest BCUT2D eigenvalue weighted by molar-refractivity contribution is -0.114. The van der Waals surface area contributed by atoms with Crippen molar-refractivity contribution in [3.05, 3.63) is 89.8 Å². The number of hydrogen-bond donors (Lipinski definition) is 0. The van der Waals surface area contributed by atoms with Crippen molar-refractivity contribution in [2.45, 2.75) is 13.5 Å². The molecular weight excluding hydrogens is 324 g/mol. The Bertz CT molecular complexity index is 987. The lowest BCUT2D eigenvalue weighted by atomic mass is 10.0. The molecule has 1 amide bonds. The Labute approximate surface area is 151 Å². The normalized spacial score (nSPS) is 15.6. The van der Waals surface area contributed by atoms with E-state index in [1.807, 2.05) is 90.6 Å². The fourth-order valence-electron chi connectivity index (χ4n) is 2.88. The zero-order valence-electron chi connectivity index (χ0n) is 14.4. The fourth-order valence-corrected chi connectivity index (χ4v) is 2.88. The van der Waals surface area contributed by atoms with Gasteiger partial charge in [0.2, 0.25) is 0 Å². The maximum atomic E-state index is 13.1. The number of para-hydroxylation sites is 1. The van der Waals surface area contributed by atoms with Gasteiger partial charge in [-0.3, -0.25) is 9.48 Å². The van der Waals surface area contributed by atoms with Crippen LogP contribution in [0.1, 0.15) is 18.2 Å². The van der Waals surface area contributed by atoms with Crippen LogP contribution in [0.4, 0.5) is 5.69 Å². The minimum atomic E-state index is -0.152. The van der Waals surface area contributed by atoms with Gasteiger partial charge in [0.25, 0.3) is 5.91 Å². The molecule has 0 radical (unpaired) electrons. The maximum absolute atomic E-state index is 13.1. The van der Waals surface area contributed by atoms with E-state index in [1.165, 1.54) is 5.01 Å². The number of aromatic nitrogens is 2. The first-order valence-corrected chi connectivity index (χ1v) is 8.55. The maximum Gasteiger partial charge on any atom is 0.281 e. The van der Waals surface area contributed by atoms with E-state index in [1.54, 1.807) is 0 Å². The highest BCUT2D eigenvalue weighted by Gasteiger charge is 2.32. The Balaban J connectivity index is 1.80. The SMILES string of the molecule is CCn1ccc(/C=C2/C(=O)N(c3ccccc3)N=C2c2ccccc2)n1. The monoisotopic (exact) mass is 342 g/mol. The summed E-state index contributed by atoms with van der Waals surface area (Å²) in [6.45, 7) is 2.81. The second-order valence-electron chi connectivity index (χ2n) is 5.92. The smallest absolute Gasteiger partial charge is 0.272 e. The van der Waals surface area contributed by atoms with Gasteiger partial charge in [0.05, 0.1) is 17.0 Å². The third-order valence-corrected chi connectivity index (χ3v) is 4.20. The molecule has 0 N–H and O–H groups in total. The molecule has 0 aliphatic carbocycles. The molecule has 128 valence electrons. The molecule has 1 aromatic heterocycles. The first-order valence-electron chi connectivity index (χ1n) is 8.55. The summed E-state index contributed by atoms with van der Waals surface area (Å²) in [5.74, 6) is -0.152. The summed E-state index contributed by atoms with van der Waals surface area (Å²) in [6.07, 6.45) is 3.71. The number of benzene rings is 2. The second-order valence-corrected chi connectivity index (χ2v) is 5.92. The largest absolute Gasteiger partial charge is 0.281 e. The average molecular weight is 342 g/mol. The summed E-state index contributed by atoms with van der Waals surface area (Å²) in [5.41, 5.74) is 3.59. The molecular formula is C21H18N4O. The number of amides is 1. The summed E-state index contributed by atoms with van der Waals surface area (Å²) in [7, 11) is 0. The number of rotatable bonds is 4. The molecule has 0 saturated carbocycles. The number of hydrogen-bond acceptors (Lipinski definition) is 3. The molecule has 1 aliphatic rings. The van der Waals surface area contributed by atoms with Crippen LogP contribution in [0.15, 0.2) is 83.6 Å². The van der Waals surface area contributed by atoms with Crippen LogP contribution in [0.3, 0.4) is 0 Å². The third kappa shape index (κ3) is 2.95. The molecule has 2 heterocycles. The van der Waals surface area contributed by atoms with Gasteiger partial charge in [-0.1, -0.05) is 48.5 Å². The number of carbonyl (C=O) groups excluding carboxylic acids is 1. The summed E-state index contributed by atoms with van der Waals surface area (Å²) >= 11 is 0. The van der Waals surface area contributed by atoms with E-state index in [0.29, 0.717) is 11.3 Å². The van der Waals surface area contributed by atoms with Crippen LogP contribution in [0.2, 0.25) is 0 Å². The van der Waals surface area contributed by atoms with E-state index >= 15 is 0 Å². The van der Waals surface area contributed by atoms with E-state index in [2.05, 4.69) is 10.2 Å². The zero-order valence-corrected chi connectivity index (χ0v) is 14.4. The van der Waals surface area contributed by atoms with Crippen molar-refractivity contribution < 1.29 is 4.79 Å². The molecule has 2 aromatic carbocycles. The molecule has 5 heteroatoms. The summed E-state index contributed by atoms with van der Waals surface area (Å²) in [6, 6.07) is 21.1. The minimum absolute atomic E-state index is 0.152. The van der Waals surface area contributed by atoms with Crippen molar-refractivity contribution >= 4 is 23.4 Å². The molecule has 3 aromatic rings. The van der Waals surface area contributed by atoms with Crippen LogP contribution in [-0.4, -0.2) is 21.4 Å². The highest BCUT2D eigenvalue weighted by molar-refractivity contribution is 6.37. The molecule has 0 bridgehead atoms. The van der Waals surface area contributed by atoms with Crippen molar-refractivity contribution in [1.82, 2.24) is 9.78 Å². The molecule has 0 saturated heterocycles. The van der Waals surface area contributed by atoms with E-state index in [9.17, 15) is 4.79 Å². The minimum Gasteiger partial charge on any atom is -0.272 e. The van der Waals surface area contributed by atoms with Crippen LogP contribution in [-0.2, 0) is 11.3 Å². The van der Waals surface area contributed by atoms with Crippen molar-refractivity contribution in [3.63, 3.8) is 0 Å². The van der Waals surface area contributed by atoms with Crippen molar-refractivity contribution in [3.8, 4) is 0 Å². The Morgan fingerprint density at radius 1 is 0.962 bits per heavy atom. The Kier molecular flexibility index (Phi) is 4.19. The van der Waals surface area contributed by atoms with Gasteiger partial charge in [-0.05, 0) is 31.2 Å². The number of nitrogens with zero attached hydrogens (tertiary/aromatic N) is 4. The van der Waals surface area contributed by atoms with Crippen molar-refractivity contribution in [2.24, 2.45) is 5.10 Å². The molecule has 0 unspecified atom stereocenters. The van der Waals surface area contributed by atoms with Crippen LogP contribution in [0, 0.1) is 0 Å². The number of aryl methyl sites for hydroxylation is 1. The second kappa shape index (κ2) is 6.80.